The number of rotatable bonds is 11. The van der Waals surface area contributed by atoms with E-state index in [0.29, 0.717) is 13.2 Å². The molecule has 0 aliphatic rings. The lowest BCUT2D eigenvalue weighted by Gasteiger charge is -2.19. The largest absolute Gasteiger partial charge is 0.379 e. The highest BCUT2D eigenvalue weighted by Gasteiger charge is 2.11. The summed E-state index contributed by atoms with van der Waals surface area (Å²) in [5.41, 5.74) is 1.19. The Morgan fingerprint density at radius 1 is 1.20 bits per heavy atom. The van der Waals surface area contributed by atoms with Crippen LogP contribution in [0.1, 0.15) is 38.4 Å². The van der Waals surface area contributed by atoms with Crippen LogP contribution < -0.4 is 5.32 Å². The van der Waals surface area contributed by atoms with E-state index in [4.69, 9.17) is 9.47 Å². The first kappa shape index (κ1) is 17.6. The second-order valence-corrected chi connectivity index (χ2v) is 5.60. The van der Waals surface area contributed by atoms with Gasteiger partial charge in [-0.05, 0) is 30.7 Å². The third kappa shape index (κ3) is 7.39. The van der Waals surface area contributed by atoms with Gasteiger partial charge >= 0.3 is 0 Å². The zero-order valence-electron chi connectivity index (χ0n) is 12.5. The Kier molecular flexibility index (Phi) is 9.93. The summed E-state index contributed by atoms with van der Waals surface area (Å²) in [5, 5.41) is 3.35. The van der Waals surface area contributed by atoms with Crippen LogP contribution in [-0.2, 0) is 9.47 Å². The third-order valence-electron chi connectivity index (χ3n) is 2.99. The predicted molar refractivity (Wildman–Crippen MR) is 87.1 cm³/mol. The summed E-state index contributed by atoms with van der Waals surface area (Å²) >= 11 is 3.51. The van der Waals surface area contributed by atoms with E-state index in [1.54, 1.807) is 0 Å². The molecular weight excluding hydrogens is 318 g/mol. The monoisotopic (exact) mass is 343 g/mol. The lowest BCUT2D eigenvalue weighted by Crippen LogP contribution is -2.24. The molecule has 1 unspecified atom stereocenters. The van der Waals surface area contributed by atoms with Gasteiger partial charge in [0.1, 0.15) is 0 Å². The molecule has 0 radical (unpaired) electrons. The number of benzene rings is 1. The van der Waals surface area contributed by atoms with Gasteiger partial charge in [-0.15, -0.1) is 0 Å². The van der Waals surface area contributed by atoms with E-state index in [-0.39, 0.29) is 6.10 Å². The highest BCUT2D eigenvalue weighted by atomic mass is 79.9. The van der Waals surface area contributed by atoms with Crippen LogP contribution in [-0.4, -0.2) is 32.9 Å². The summed E-state index contributed by atoms with van der Waals surface area (Å²) in [6.07, 6.45) is 2.36. The van der Waals surface area contributed by atoms with Gasteiger partial charge in [0.05, 0.1) is 19.3 Å². The summed E-state index contributed by atoms with van der Waals surface area (Å²) in [6, 6.07) is 8.28. The van der Waals surface area contributed by atoms with E-state index in [0.717, 1.165) is 30.6 Å². The zero-order chi connectivity index (χ0) is 14.6. The van der Waals surface area contributed by atoms with E-state index in [9.17, 15) is 0 Å². The molecule has 1 N–H and O–H groups in total. The van der Waals surface area contributed by atoms with E-state index < -0.39 is 0 Å². The normalized spacial score (nSPS) is 12.6. The molecule has 1 atom stereocenters. The number of likely N-dealkylation sites (N-methyl/N-ethyl adjacent to an activating group) is 1. The highest BCUT2D eigenvalue weighted by molar-refractivity contribution is 9.10. The van der Waals surface area contributed by atoms with Crippen molar-refractivity contribution in [3.63, 3.8) is 0 Å². The van der Waals surface area contributed by atoms with E-state index >= 15 is 0 Å². The van der Waals surface area contributed by atoms with Crippen LogP contribution in [0.3, 0.4) is 0 Å². The van der Waals surface area contributed by atoms with Crippen molar-refractivity contribution in [3.05, 3.63) is 34.3 Å². The molecule has 1 aromatic carbocycles. The fourth-order valence-corrected chi connectivity index (χ4v) is 2.27. The fourth-order valence-electron chi connectivity index (χ4n) is 1.85. The maximum Gasteiger partial charge on any atom is 0.0950 e. The smallest absolute Gasteiger partial charge is 0.0950 e. The lowest BCUT2D eigenvalue weighted by molar-refractivity contribution is 0.00377. The molecule has 1 rings (SSSR count). The van der Waals surface area contributed by atoms with Gasteiger partial charge in [-0.1, -0.05) is 48.3 Å². The van der Waals surface area contributed by atoms with Crippen molar-refractivity contribution in [1.82, 2.24) is 5.32 Å². The van der Waals surface area contributed by atoms with Crippen LogP contribution in [0.2, 0.25) is 0 Å². The van der Waals surface area contributed by atoms with Crippen LogP contribution in [0.5, 0.6) is 0 Å². The minimum absolute atomic E-state index is 0.0715. The van der Waals surface area contributed by atoms with E-state index in [1.807, 2.05) is 12.1 Å². The molecule has 20 heavy (non-hydrogen) atoms. The van der Waals surface area contributed by atoms with Gasteiger partial charge in [0.2, 0.25) is 0 Å². The molecule has 114 valence electrons. The van der Waals surface area contributed by atoms with Crippen molar-refractivity contribution >= 4 is 15.9 Å². The Bertz CT molecular complexity index is 360. The maximum atomic E-state index is 5.96. The topological polar surface area (TPSA) is 30.5 Å². The molecule has 0 heterocycles. The Labute approximate surface area is 131 Å². The number of unbranched alkanes of at least 4 members (excludes halogenated alkanes) is 1. The number of hydrogen-bond acceptors (Lipinski definition) is 3. The first-order chi connectivity index (χ1) is 9.77. The van der Waals surface area contributed by atoms with Crippen molar-refractivity contribution in [2.24, 2.45) is 0 Å². The second kappa shape index (κ2) is 11.3. The molecule has 1 aromatic rings. The molecule has 0 amide bonds. The zero-order valence-corrected chi connectivity index (χ0v) is 14.1. The molecule has 0 aromatic heterocycles. The average Bonchev–Trinajstić information content (AvgIpc) is 2.45. The molecule has 4 heteroatoms. The number of ether oxygens (including phenoxy) is 2. The summed E-state index contributed by atoms with van der Waals surface area (Å²) in [5.74, 6) is 0. The van der Waals surface area contributed by atoms with Gasteiger partial charge in [-0.25, -0.2) is 0 Å². The average molecular weight is 344 g/mol. The van der Waals surface area contributed by atoms with Crippen LogP contribution in [0, 0.1) is 0 Å². The highest BCUT2D eigenvalue weighted by Crippen LogP contribution is 2.20. The standard InChI is InChI=1S/C16H26BrNO2/c1-3-5-9-19-10-11-20-16(13-18-4-2)14-7-6-8-15(17)12-14/h6-8,12,16,18H,3-5,9-11,13H2,1-2H3. The summed E-state index contributed by atoms with van der Waals surface area (Å²) in [4.78, 5) is 0. The van der Waals surface area contributed by atoms with Crippen molar-refractivity contribution in [2.75, 3.05) is 32.9 Å². The Hall–Kier alpha value is -0.420. The minimum atomic E-state index is 0.0715. The van der Waals surface area contributed by atoms with Gasteiger partial charge < -0.3 is 14.8 Å². The van der Waals surface area contributed by atoms with Gasteiger partial charge in [0.15, 0.2) is 0 Å². The summed E-state index contributed by atoms with van der Waals surface area (Å²) < 4.78 is 12.6. The SMILES string of the molecule is CCCCOCCOC(CNCC)c1cccc(Br)c1. The lowest BCUT2D eigenvalue weighted by atomic mass is 10.1. The van der Waals surface area contributed by atoms with Gasteiger partial charge in [-0.2, -0.15) is 0 Å². The quantitative estimate of drug-likeness (QED) is 0.617. The van der Waals surface area contributed by atoms with E-state index in [2.05, 4.69) is 47.2 Å². The van der Waals surface area contributed by atoms with Gasteiger partial charge in [0, 0.05) is 17.6 Å². The Morgan fingerprint density at radius 2 is 2.05 bits per heavy atom. The van der Waals surface area contributed by atoms with Crippen LogP contribution >= 0.6 is 15.9 Å². The predicted octanol–water partition coefficient (Wildman–Crippen LogP) is 3.93. The Morgan fingerprint density at radius 3 is 2.75 bits per heavy atom. The molecule has 0 spiro atoms. The maximum absolute atomic E-state index is 5.96. The summed E-state index contributed by atoms with van der Waals surface area (Å²) in [6.45, 7) is 8.16. The first-order valence-electron chi connectivity index (χ1n) is 7.43. The van der Waals surface area contributed by atoms with Crippen LogP contribution in [0.25, 0.3) is 0 Å². The summed E-state index contributed by atoms with van der Waals surface area (Å²) in [7, 11) is 0. The fraction of sp³-hybridized carbons (Fsp3) is 0.625. The third-order valence-corrected chi connectivity index (χ3v) is 3.48. The van der Waals surface area contributed by atoms with Crippen molar-refractivity contribution in [2.45, 2.75) is 32.8 Å². The molecule has 0 saturated carbocycles. The van der Waals surface area contributed by atoms with Gasteiger partial charge in [-0.3, -0.25) is 0 Å². The molecule has 0 saturated heterocycles. The number of nitrogens with one attached hydrogen (secondary N) is 1. The first-order valence-corrected chi connectivity index (χ1v) is 8.22. The molecule has 0 bridgehead atoms. The molecule has 0 aliphatic carbocycles. The molecule has 3 nitrogen and oxygen atoms in total. The molecule has 0 aliphatic heterocycles. The van der Waals surface area contributed by atoms with Crippen molar-refractivity contribution in [3.8, 4) is 0 Å². The number of hydrogen-bond donors (Lipinski definition) is 1. The van der Waals surface area contributed by atoms with E-state index in [1.165, 1.54) is 12.0 Å². The van der Waals surface area contributed by atoms with Crippen molar-refractivity contribution < 1.29 is 9.47 Å². The van der Waals surface area contributed by atoms with Crippen LogP contribution in [0.4, 0.5) is 0 Å². The molecule has 0 fully saturated rings. The van der Waals surface area contributed by atoms with Crippen LogP contribution in [0.15, 0.2) is 28.7 Å². The second-order valence-electron chi connectivity index (χ2n) is 4.69. The number of halogens is 1. The van der Waals surface area contributed by atoms with Crippen molar-refractivity contribution in [1.29, 1.82) is 0 Å². The minimum Gasteiger partial charge on any atom is -0.379 e. The Balaban J connectivity index is 2.40. The van der Waals surface area contributed by atoms with Gasteiger partial charge in [0.25, 0.3) is 0 Å². The molecular formula is C16H26BrNO2.